The van der Waals surface area contributed by atoms with Crippen LogP contribution in [0, 0.1) is 5.92 Å². The molecule has 0 aromatic carbocycles. The molecule has 2 N–H and O–H groups in total. The molecule has 0 amide bonds. The quantitative estimate of drug-likeness (QED) is 0.448. The van der Waals surface area contributed by atoms with Crippen molar-refractivity contribution in [2.24, 2.45) is 10.9 Å². The van der Waals surface area contributed by atoms with E-state index in [2.05, 4.69) is 62.3 Å². The summed E-state index contributed by atoms with van der Waals surface area (Å²) in [5.74, 6) is 1.50. The maximum Gasteiger partial charge on any atom is 0.191 e. The molecule has 0 atom stereocenters. The van der Waals surface area contributed by atoms with Gasteiger partial charge in [-0.05, 0) is 33.9 Å². The van der Waals surface area contributed by atoms with E-state index in [1.54, 1.807) is 7.05 Å². The first-order valence-electron chi connectivity index (χ1n) is 5.91. The fourth-order valence-corrected chi connectivity index (χ4v) is 0.980. The Labute approximate surface area is 124 Å². The lowest BCUT2D eigenvalue weighted by Gasteiger charge is -2.33. The third-order valence-electron chi connectivity index (χ3n) is 2.80. The minimum atomic E-state index is 0. The first-order valence-corrected chi connectivity index (χ1v) is 5.91. The second-order valence-corrected chi connectivity index (χ2v) is 5.41. The van der Waals surface area contributed by atoms with E-state index in [4.69, 9.17) is 0 Å². The summed E-state index contributed by atoms with van der Waals surface area (Å²) >= 11 is 0. The van der Waals surface area contributed by atoms with Crippen LogP contribution in [0.25, 0.3) is 0 Å². The van der Waals surface area contributed by atoms with E-state index in [0.29, 0.717) is 5.92 Å². The fourth-order valence-electron chi connectivity index (χ4n) is 0.980. The molecular formula is C12H29IN4. The molecule has 0 aromatic heterocycles. The Morgan fingerprint density at radius 2 is 1.76 bits per heavy atom. The van der Waals surface area contributed by atoms with Crippen LogP contribution >= 0.6 is 24.0 Å². The summed E-state index contributed by atoms with van der Waals surface area (Å²) in [5.41, 5.74) is 0.120. The molecule has 0 aromatic rings. The standard InChI is InChI=1S/C12H28N4.HI/c1-10(2)8-14-11(13-5)15-9-12(3,4)16(6)7;/h10H,8-9H2,1-7H3,(H2,13,14,15);1H. The number of halogens is 1. The van der Waals surface area contributed by atoms with Gasteiger partial charge >= 0.3 is 0 Å². The van der Waals surface area contributed by atoms with Crippen molar-refractivity contribution < 1.29 is 0 Å². The van der Waals surface area contributed by atoms with Gasteiger partial charge < -0.3 is 15.5 Å². The number of rotatable bonds is 5. The predicted octanol–water partition coefficient (Wildman–Crippen LogP) is 1.77. The van der Waals surface area contributed by atoms with Gasteiger partial charge in [-0.25, -0.2) is 0 Å². The van der Waals surface area contributed by atoms with E-state index >= 15 is 0 Å². The SMILES string of the molecule is CN=C(NCC(C)C)NCC(C)(C)N(C)C.I. The summed E-state index contributed by atoms with van der Waals surface area (Å²) < 4.78 is 0. The van der Waals surface area contributed by atoms with Crippen LogP contribution in [0.3, 0.4) is 0 Å². The van der Waals surface area contributed by atoms with E-state index in [9.17, 15) is 0 Å². The van der Waals surface area contributed by atoms with Crippen molar-refractivity contribution in [2.45, 2.75) is 33.2 Å². The van der Waals surface area contributed by atoms with Crippen LogP contribution < -0.4 is 10.6 Å². The van der Waals surface area contributed by atoms with Crippen molar-refractivity contribution in [2.75, 3.05) is 34.2 Å². The van der Waals surface area contributed by atoms with Gasteiger partial charge in [0.15, 0.2) is 5.96 Å². The van der Waals surface area contributed by atoms with Crippen LogP contribution in [0.4, 0.5) is 0 Å². The Bertz CT molecular complexity index is 225. The van der Waals surface area contributed by atoms with Crippen LogP contribution in [0.5, 0.6) is 0 Å². The van der Waals surface area contributed by atoms with Gasteiger partial charge in [0.1, 0.15) is 0 Å². The highest BCUT2D eigenvalue weighted by Gasteiger charge is 2.20. The van der Waals surface area contributed by atoms with Gasteiger partial charge in [0.2, 0.25) is 0 Å². The average Bonchev–Trinajstić information content (AvgIpc) is 2.17. The van der Waals surface area contributed by atoms with Gasteiger partial charge in [0, 0.05) is 25.7 Å². The van der Waals surface area contributed by atoms with Crippen LogP contribution in [0.15, 0.2) is 4.99 Å². The molecule has 0 aliphatic rings. The number of hydrogen-bond acceptors (Lipinski definition) is 2. The highest BCUT2D eigenvalue weighted by Crippen LogP contribution is 2.07. The molecule has 4 nitrogen and oxygen atoms in total. The van der Waals surface area contributed by atoms with E-state index in [-0.39, 0.29) is 29.5 Å². The van der Waals surface area contributed by atoms with Gasteiger partial charge in [0.05, 0.1) is 0 Å². The minimum Gasteiger partial charge on any atom is -0.356 e. The number of nitrogens with one attached hydrogen (secondary N) is 2. The molecule has 5 heteroatoms. The molecule has 0 aliphatic carbocycles. The molecule has 0 unspecified atom stereocenters. The third-order valence-corrected chi connectivity index (χ3v) is 2.80. The van der Waals surface area contributed by atoms with E-state index in [1.165, 1.54) is 0 Å². The van der Waals surface area contributed by atoms with Crippen molar-refractivity contribution in [1.82, 2.24) is 15.5 Å². The third kappa shape index (κ3) is 8.65. The number of nitrogens with zero attached hydrogens (tertiary/aromatic N) is 2. The van der Waals surface area contributed by atoms with E-state index < -0.39 is 0 Å². The Morgan fingerprint density at radius 1 is 1.24 bits per heavy atom. The Balaban J connectivity index is 0. The zero-order valence-electron chi connectivity index (χ0n) is 12.3. The Morgan fingerprint density at radius 3 is 2.12 bits per heavy atom. The first kappa shape index (κ1) is 19.3. The highest BCUT2D eigenvalue weighted by atomic mass is 127. The zero-order valence-corrected chi connectivity index (χ0v) is 14.6. The van der Waals surface area contributed by atoms with Gasteiger partial charge in [-0.15, -0.1) is 24.0 Å². The number of aliphatic imine (C=N–C) groups is 1. The molecule has 0 heterocycles. The summed E-state index contributed by atoms with van der Waals surface area (Å²) in [7, 11) is 5.98. The second kappa shape index (κ2) is 8.97. The smallest absolute Gasteiger partial charge is 0.191 e. The molecular weight excluding hydrogens is 327 g/mol. The van der Waals surface area contributed by atoms with Crippen LogP contribution in [-0.2, 0) is 0 Å². The lowest BCUT2D eigenvalue weighted by atomic mass is 10.0. The van der Waals surface area contributed by atoms with Gasteiger partial charge in [-0.2, -0.15) is 0 Å². The minimum absolute atomic E-state index is 0. The van der Waals surface area contributed by atoms with Crippen molar-refractivity contribution >= 4 is 29.9 Å². The molecule has 0 fully saturated rings. The molecule has 104 valence electrons. The van der Waals surface area contributed by atoms with Gasteiger partial charge in [-0.1, -0.05) is 13.8 Å². The molecule has 0 spiro atoms. The normalized spacial score (nSPS) is 12.6. The lowest BCUT2D eigenvalue weighted by molar-refractivity contribution is 0.197. The topological polar surface area (TPSA) is 39.7 Å². The number of hydrogen-bond donors (Lipinski definition) is 2. The van der Waals surface area contributed by atoms with Crippen molar-refractivity contribution in [3.63, 3.8) is 0 Å². The molecule has 0 saturated heterocycles. The lowest BCUT2D eigenvalue weighted by Crippen LogP contribution is -2.51. The summed E-state index contributed by atoms with van der Waals surface area (Å²) in [6, 6.07) is 0. The van der Waals surface area contributed by atoms with Crippen molar-refractivity contribution in [1.29, 1.82) is 0 Å². The fraction of sp³-hybridized carbons (Fsp3) is 0.917. The maximum atomic E-state index is 4.20. The predicted molar refractivity (Wildman–Crippen MR) is 87.4 cm³/mol. The van der Waals surface area contributed by atoms with Crippen LogP contribution in [0.2, 0.25) is 0 Å². The first-order chi connectivity index (χ1) is 7.29. The summed E-state index contributed by atoms with van der Waals surface area (Å²) in [5, 5.41) is 6.64. The largest absolute Gasteiger partial charge is 0.356 e. The molecule has 0 rings (SSSR count). The van der Waals surface area contributed by atoms with E-state index in [0.717, 1.165) is 19.0 Å². The monoisotopic (exact) mass is 356 g/mol. The summed E-state index contributed by atoms with van der Waals surface area (Å²) in [6.07, 6.45) is 0. The second-order valence-electron chi connectivity index (χ2n) is 5.41. The molecule has 0 saturated carbocycles. The van der Waals surface area contributed by atoms with Gasteiger partial charge in [0.25, 0.3) is 0 Å². The Kier molecular flexibility index (Phi) is 10.2. The zero-order chi connectivity index (χ0) is 12.8. The summed E-state index contributed by atoms with van der Waals surface area (Å²) in [4.78, 5) is 6.40. The maximum absolute atomic E-state index is 4.20. The highest BCUT2D eigenvalue weighted by molar-refractivity contribution is 14.0. The number of likely N-dealkylation sites (N-methyl/N-ethyl adjacent to an activating group) is 1. The van der Waals surface area contributed by atoms with Gasteiger partial charge in [-0.3, -0.25) is 4.99 Å². The summed E-state index contributed by atoms with van der Waals surface area (Å²) in [6.45, 7) is 10.6. The van der Waals surface area contributed by atoms with E-state index in [1.807, 2.05) is 0 Å². The Hall–Kier alpha value is -0.0400. The van der Waals surface area contributed by atoms with Crippen molar-refractivity contribution in [3.05, 3.63) is 0 Å². The van der Waals surface area contributed by atoms with Crippen molar-refractivity contribution in [3.8, 4) is 0 Å². The molecule has 0 radical (unpaired) electrons. The average molecular weight is 356 g/mol. The molecule has 17 heavy (non-hydrogen) atoms. The molecule has 0 aliphatic heterocycles. The molecule has 0 bridgehead atoms. The van der Waals surface area contributed by atoms with Crippen LogP contribution in [-0.4, -0.2) is 50.6 Å². The van der Waals surface area contributed by atoms with Crippen LogP contribution in [0.1, 0.15) is 27.7 Å². The number of guanidine groups is 1.